The maximum Gasteiger partial charge on any atom is 0.196 e. The summed E-state index contributed by atoms with van der Waals surface area (Å²) in [5.74, 6) is -4.09. The molecule has 1 atom stereocenters. The Kier molecular flexibility index (Phi) is 5.60. The highest BCUT2D eigenvalue weighted by Crippen LogP contribution is 2.19. The normalized spacial score (nSPS) is 12.4. The van der Waals surface area contributed by atoms with Gasteiger partial charge in [-0.15, -0.1) is 11.3 Å². The van der Waals surface area contributed by atoms with Crippen LogP contribution in [0.5, 0.6) is 0 Å². The molecule has 0 bridgehead atoms. The van der Waals surface area contributed by atoms with Gasteiger partial charge in [0.05, 0.1) is 25.0 Å². The van der Waals surface area contributed by atoms with Crippen molar-refractivity contribution in [3.8, 4) is 0 Å². The molecule has 0 aliphatic carbocycles. The number of hydrogen-bond donors (Lipinski definition) is 2. The SMILES string of the molecule is OC(CNc1ccc(F)c(F)c1F)COCc1cccs1. The fourth-order valence-electron chi connectivity index (χ4n) is 1.64. The second-order valence-corrected chi connectivity index (χ2v) is 5.38. The molecule has 21 heavy (non-hydrogen) atoms. The van der Waals surface area contributed by atoms with Crippen LogP contribution in [0, 0.1) is 17.5 Å². The van der Waals surface area contributed by atoms with Gasteiger partial charge in [0.2, 0.25) is 0 Å². The third kappa shape index (κ3) is 4.45. The van der Waals surface area contributed by atoms with Gasteiger partial charge in [0.15, 0.2) is 17.5 Å². The molecule has 0 radical (unpaired) electrons. The molecule has 2 rings (SSSR count). The van der Waals surface area contributed by atoms with Crippen molar-refractivity contribution in [1.82, 2.24) is 0 Å². The van der Waals surface area contributed by atoms with Crippen molar-refractivity contribution in [3.05, 3.63) is 52.0 Å². The van der Waals surface area contributed by atoms with Crippen molar-refractivity contribution in [3.63, 3.8) is 0 Å². The van der Waals surface area contributed by atoms with Crippen molar-refractivity contribution in [2.75, 3.05) is 18.5 Å². The van der Waals surface area contributed by atoms with Crippen LogP contribution in [0.3, 0.4) is 0 Å². The molecule has 0 amide bonds. The molecule has 2 aromatic rings. The van der Waals surface area contributed by atoms with E-state index in [4.69, 9.17) is 4.74 Å². The summed E-state index contributed by atoms with van der Waals surface area (Å²) in [5.41, 5.74) is -0.203. The number of hydrogen-bond acceptors (Lipinski definition) is 4. The van der Waals surface area contributed by atoms with Crippen LogP contribution in [0.15, 0.2) is 29.6 Å². The van der Waals surface area contributed by atoms with Gasteiger partial charge < -0.3 is 15.2 Å². The van der Waals surface area contributed by atoms with Gasteiger partial charge in [-0.1, -0.05) is 6.07 Å². The van der Waals surface area contributed by atoms with Gasteiger partial charge >= 0.3 is 0 Å². The minimum Gasteiger partial charge on any atom is -0.389 e. The maximum absolute atomic E-state index is 13.4. The molecule has 114 valence electrons. The van der Waals surface area contributed by atoms with Crippen LogP contribution >= 0.6 is 11.3 Å². The average Bonchev–Trinajstić information content (AvgIpc) is 2.97. The lowest BCUT2D eigenvalue weighted by atomic mass is 10.2. The zero-order valence-corrected chi connectivity index (χ0v) is 11.8. The van der Waals surface area contributed by atoms with E-state index in [0.717, 1.165) is 17.0 Å². The standard InChI is InChI=1S/C14H14F3NO2S/c15-11-3-4-12(14(17)13(11)16)18-6-9(19)7-20-8-10-2-1-5-21-10/h1-5,9,18-19H,6-8H2. The molecule has 0 fully saturated rings. The first-order valence-electron chi connectivity index (χ1n) is 6.23. The summed E-state index contributed by atoms with van der Waals surface area (Å²) in [5, 5.41) is 14.1. The second kappa shape index (κ2) is 7.44. The van der Waals surface area contributed by atoms with Gasteiger partial charge in [-0.25, -0.2) is 13.2 Å². The van der Waals surface area contributed by atoms with Crippen molar-refractivity contribution in [2.45, 2.75) is 12.7 Å². The lowest BCUT2D eigenvalue weighted by Crippen LogP contribution is -2.25. The number of halogens is 3. The molecule has 3 nitrogen and oxygen atoms in total. The Bertz CT molecular complexity index is 578. The zero-order valence-electron chi connectivity index (χ0n) is 11.0. The van der Waals surface area contributed by atoms with Crippen LogP contribution in [-0.4, -0.2) is 24.4 Å². The van der Waals surface area contributed by atoms with E-state index in [-0.39, 0.29) is 18.8 Å². The molecule has 1 heterocycles. The van der Waals surface area contributed by atoms with E-state index < -0.39 is 23.6 Å². The molecule has 0 saturated heterocycles. The molecule has 7 heteroatoms. The largest absolute Gasteiger partial charge is 0.389 e. The van der Waals surface area contributed by atoms with E-state index in [1.807, 2.05) is 17.5 Å². The number of aliphatic hydroxyl groups is 1. The summed E-state index contributed by atoms with van der Waals surface area (Å²) < 4.78 is 44.4. The number of nitrogens with one attached hydrogen (secondary N) is 1. The first-order chi connectivity index (χ1) is 10.1. The smallest absolute Gasteiger partial charge is 0.196 e. The summed E-state index contributed by atoms with van der Waals surface area (Å²) in [4.78, 5) is 1.03. The molecule has 0 aliphatic rings. The molecule has 0 spiro atoms. The maximum atomic E-state index is 13.4. The lowest BCUT2D eigenvalue weighted by molar-refractivity contribution is 0.0358. The minimum atomic E-state index is -1.54. The van der Waals surface area contributed by atoms with Gasteiger partial charge in [-0.2, -0.15) is 0 Å². The van der Waals surface area contributed by atoms with Crippen molar-refractivity contribution in [2.24, 2.45) is 0 Å². The van der Waals surface area contributed by atoms with Gasteiger partial charge in [0.25, 0.3) is 0 Å². The Morgan fingerprint density at radius 1 is 1.19 bits per heavy atom. The van der Waals surface area contributed by atoms with Crippen molar-refractivity contribution >= 4 is 17.0 Å². The van der Waals surface area contributed by atoms with E-state index in [1.165, 1.54) is 0 Å². The molecule has 0 saturated carbocycles. The molecule has 0 aliphatic heterocycles. The lowest BCUT2D eigenvalue weighted by Gasteiger charge is -2.13. The molecule has 1 unspecified atom stereocenters. The molecule has 2 N–H and O–H groups in total. The van der Waals surface area contributed by atoms with E-state index in [1.54, 1.807) is 11.3 Å². The highest BCUT2D eigenvalue weighted by atomic mass is 32.1. The fourth-order valence-corrected chi connectivity index (χ4v) is 2.28. The quantitative estimate of drug-likeness (QED) is 0.771. The first kappa shape index (κ1) is 15.8. The van der Waals surface area contributed by atoms with E-state index in [9.17, 15) is 18.3 Å². The van der Waals surface area contributed by atoms with Crippen LogP contribution in [0.4, 0.5) is 18.9 Å². The Morgan fingerprint density at radius 2 is 2.00 bits per heavy atom. The van der Waals surface area contributed by atoms with Crippen LogP contribution < -0.4 is 5.32 Å². The van der Waals surface area contributed by atoms with Crippen molar-refractivity contribution < 1.29 is 23.0 Å². The van der Waals surface area contributed by atoms with Crippen LogP contribution in [0.2, 0.25) is 0 Å². The summed E-state index contributed by atoms with van der Waals surface area (Å²) in [7, 11) is 0. The van der Waals surface area contributed by atoms with Crippen LogP contribution in [0.1, 0.15) is 4.88 Å². The summed E-state index contributed by atoms with van der Waals surface area (Å²) in [6.45, 7) is 0.400. The van der Waals surface area contributed by atoms with Gasteiger partial charge in [0.1, 0.15) is 0 Å². The first-order valence-corrected chi connectivity index (χ1v) is 7.11. The van der Waals surface area contributed by atoms with Gasteiger partial charge in [-0.3, -0.25) is 0 Å². The van der Waals surface area contributed by atoms with Crippen molar-refractivity contribution in [1.29, 1.82) is 0 Å². The number of thiophene rings is 1. The van der Waals surface area contributed by atoms with Gasteiger partial charge in [-0.05, 0) is 23.6 Å². The number of aliphatic hydroxyl groups excluding tert-OH is 1. The molecular weight excluding hydrogens is 303 g/mol. The topological polar surface area (TPSA) is 41.5 Å². The Hall–Kier alpha value is -1.57. The molecular formula is C14H14F3NO2S. The number of ether oxygens (including phenoxy) is 1. The third-order valence-corrected chi connectivity index (χ3v) is 3.55. The summed E-state index contributed by atoms with van der Waals surface area (Å²) >= 11 is 1.54. The third-order valence-electron chi connectivity index (χ3n) is 2.70. The molecule has 1 aromatic heterocycles. The Balaban J connectivity index is 1.76. The molecule has 1 aromatic carbocycles. The highest BCUT2D eigenvalue weighted by molar-refractivity contribution is 7.09. The minimum absolute atomic E-state index is 0.0353. The van der Waals surface area contributed by atoms with E-state index in [0.29, 0.717) is 6.61 Å². The Labute approximate surface area is 124 Å². The van der Waals surface area contributed by atoms with Crippen LogP contribution in [-0.2, 0) is 11.3 Å². The van der Waals surface area contributed by atoms with Crippen LogP contribution in [0.25, 0.3) is 0 Å². The predicted octanol–water partition coefficient (Wildman–Crippen LogP) is 3.16. The zero-order chi connectivity index (χ0) is 15.2. The fraction of sp³-hybridized carbons (Fsp3) is 0.286. The monoisotopic (exact) mass is 317 g/mol. The summed E-state index contributed by atoms with van der Waals surface area (Å²) in [6.07, 6.45) is -0.891. The second-order valence-electron chi connectivity index (χ2n) is 4.35. The summed E-state index contributed by atoms with van der Waals surface area (Å²) in [6, 6.07) is 5.70. The Morgan fingerprint density at radius 3 is 2.71 bits per heavy atom. The highest BCUT2D eigenvalue weighted by Gasteiger charge is 2.14. The van der Waals surface area contributed by atoms with E-state index in [2.05, 4.69) is 5.32 Å². The number of anilines is 1. The predicted molar refractivity (Wildman–Crippen MR) is 74.8 cm³/mol. The van der Waals surface area contributed by atoms with Gasteiger partial charge in [0, 0.05) is 11.4 Å². The average molecular weight is 317 g/mol. The van der Waals surface area contributed by atoms with E-state index >= 15 is 0 Å². The number of rotatable bonds is 7. The number of benzene rings is 1.